The van der Waals surface area contributed by atoms with Crippen molar-refractivity contribution in [2.24, 2.45) is 15.9 Å². The van der Waals surface area contributed by atoms with Crippen molar-refractivity contribution in [1.82, 2.24) is 4.90 Å². The zero-order valence-electron chi connectivity index (χ0n) is 16.6. The van der Waals surface area contributed by atoms with Crippen molar-refractivity contribution >= 4 is 17.3 Å². The van der Waals surface area contributed by atoms with Gasteiger partial charge in [0.25, 0.3) is 0 Å². The minimum atomic E-state index is 0.136. The summed E-state index contributed by atoms with van der Waals surface area (Å²) in [4.78, 5) is 11.0. The number of nitrogens with zero attached hydrogens (tertiary/aromatic N) is 3. The Hall–Kier alpha value is -2.11. The summed E-state index contributed by atoms with van der Waals surface area (Å²) < 4.78 is 6.12. The highest BCUT2D eigenvalue weighted by molar-refractivity contribution is 7.80. The Morgan fingerprint density at radius 2 is 1.79 bits per heavy atom. The van der Waals surface area contributed by atoms with Gasteiger partial charge in [0.2, 0.25) is 5.11 Å². The average Bonchev–Trinajstić information content (AvgIpc) is 3.04. The first-order valence-electron chi connectivity index (χ1n) is 10.1. The van der Waals surface area contributed by atoms with Gasteiger partial charge in [-0.05, 0) is 82.0 Å². The van der Waals surface area contributed by atoms with Crippen LogP contribution in [0.1, 0.15) is 30.9 Å². The number of hydrogen-bond donors (Lipinski definition) is 0. The lowest BCUT2D eigenvalue weighted by Gasteiger charge is -2.33. The highest BCUT2D eigenvalue weighted by atomic mass is 32.1. The van der Waals surface area contributed by atoms with E-state index in [0.29, 0.717) is 5.11 Å². The number of rotatable bonds is 6. The van der Waals surface area contributed by atoms with E-state index < -0.39 is 0 Å². The fourth-order valence-corrected chi connectivity index (χ4v) is 4.25. The second-order valence-corrected chi connectivity index (χ2v) is 8.38. The summed E-state index contributed by atoms with van der Waals surface area (Å²) in [5.74, 6) is 1.63. The molecule has 28 heavy (non-hydrogen) atoms. The van der Waals surface area contributed by atoms with Gasteiger partial charge in [-0.3, -0.25) is 4.90 Å². The molecule has 0 saturated carbocycles. The second kappa shape index (κ2) is 8.50. The minimum absolute atomic E-state index is 0.136. The number of aryl methyl sites for hydroxylation is 1. The number of thiocarbonyl (C=S) groups is 1. The predicted octanol–water partition coefficient (Wildman–Crippen LogP) is 3.25. The van der Waals surface area contributed by atoms with Gasteiger partial charge in [0.1, 0.15) is 11.9 Å². The fourth-order valence-electron chi connectivity index (χ4n) is 4.06. The maximum absolute atomic E-state index is 6.12. The molecule has 1 atom stereocenters. The molecule has 0 spiro atoms. The van der Waals surface area contributed by atoms with E-state index in [1.807, 2.05) is 18.2 Å². The molecule has 0 amide bonds. The first kappa shape index (κ1) is 19.2. The summed E-state index contributed by atoms with van der Waals surface area (Å²) in [6.07, 6.45) is 3.86. The third kappa shape index (κ3) is 4.83. The van der Waals surface area contributed by atoms with Crippen molar-refractivity contribution in [1.29, 1.82) is 0 Å². The van der Waals surface area contributed by atoms with Crippen LogP contribution in [0.3, 0.4) is 0 Å². The van der Waals surface area contributed by atoms with Crippen LogP contribution in [0.25, 0.3) is 0 Å². The van der Waals surface area contributed by atoms with Crippen molar-refractivity contribution in [3.8, 4) is 5.75 Å². The van der Waals surface area contributed by atoms with Crippen LogP contribution in [-0.2, 0) is 6.42 Å². The predicted molar refractivity (Wildman–Crippen MR) is 115 cm³/mol. The standard InChI is InChI=1S/C23H27N3OS/c1-16-3-5-18(6-4-16)13-19-9-11-26(12-10-19)15-17(2)27-20-7-8-21-22(14-20)25-23(28)24-21/h3-8,14,17,19H,9-13,15H2,1-2H3. The Bertz CT molecular complexity index is 962. The van der Waals surface area contributed by atoms with Gasteiger partial charge in [0.15, 0.2) is 0 Å². The number of piperidine rings is 1. The molecule has 1 unspecified atom stereocenters. The molecular formula is C23H27N3OS. The Kier molecular flexibility index (Phi) is 5.83. The average molecular weight is 394 g/mol. The first-order chi connectivity index (χ1) is 13.5. The molecule has 2 aromatic rings. The van der Waals surface area contributed by atoms with Gasteiger partial charge >= 0.3 is 0 Å². The van der Waals surface area contributed by atoms with Crippen molar-refractivity contribution < 1.29 is 4.74 Å². The van der Waals surface area contributed by atoms with Gasteiger partial charge in [0, 0.05) is 12.6 Å². The molecule has 0 aliphatic carbocycles. The quantitative estimate of drug-likeness (QED) is 0.707. The number of likely N-dealkylation sites (tertiary alicyclic amines) is 1. The monoisotopic (exact) mass is 393 g/mol. The lowest BCUT2D eigenvalue weighted by Crippen LogP contribution is -2.40. The van der Waals surface area contributed by atoms with E-state index in [1.54, 1.807) is 0 Å². The van der Waals surface area contributed by atoms with Crippen LogP contribution >= 0.6 is 12.2 Å². The molecule has 2 aromatic carbocycles. The molecular weight excluding hydrogens is 366 g/mol. The van der Waals surface area contributed by atoms with Gasteiger partial charge in [-0.2, -0.15) is 0 Å². The van der Waals surface area contributed by atoms with E-state index in [2.05, 4.69) is 53.0 Å². The van der Waals surface area contributed by atoms with Crippen LogP contribution in [0, 0.1) is 12.8 Å². The number of fused-ring (bicyclic) bond motifs is 1. The highest BCUT2D eigenvalue weighted by Crippen LogP contribution is 2.22. The van der Waals surface area contributed by atoms with Gasteiger partial charge in [-0.15, -0.1) is 0 Å². The largest absolute Gasteiger partial charge is 0.489 e. The number of ether oxygens (including phenoxy) is 1. The molecule has 146 valence electrons. The maximum atomic E-state index is 6.12. The molecule has 2 heterocycles. The lowest BCUT2D eigenvalue weighted by atomic mass is 9.90. The van der Waals surface area contributed by atoms with E-state index >= 15 is 0 Å². The Labute approximate surface area is 172 Å². The Morgan fingerprint density at radius 3 is 2.54 bits per heavy atom. The second-order valence-electron chi connectivity index (χ2n) is 8.02. The summed E-state index contributed by atoms with van der Waals surface area (Å²) in [5, 5.41) is 2.04. The number of benzene rings is 2. The van der Waals surface area contributed by atoms with E-state index in [-0.39, 0.29) is 6.10 Å². The van der Waals surface area contributed by atoms with Crippen LogP contribution in [0.4, 0.5) is 0 Å². The SMILES string of the molecule is Cc1ccc(CC2CCN(CC(C)Oc3ccc4c(c3)=NC(=S)N=4)CC2)cc1. The van der Waals surface area contributed by atoms with Gasteiger partial charge in [-0.1, -0.05) is 29.8 Å². The van der Waals surface area contributed by atoms with Crippen LogP contribution in [0.5, 0.6) is 5.75 Å². The van der Waals surface area contributed by atoms with E-state index in [4.69, 9.17) is 17.0 Å². The topological polar surface area (TPSA) is 37.2 Å². The maximum Gasteiger partial charge on any atom is 0.220 e. The summed E-state index contributed by atoms with van der Waals surface area (Å²) in [7, 11) is 0. The molecule has 5 heteroatoms. The molecule has 1 fully saturated rings. The van der Waals surface area contributed by atoms with Crippen LogP contribution in [-0.4, -0.2) is 35.8 Å². The molecule has 0 bridgehead atoms. The van der Waals surface area contributed by atoms with Crippen LogP contribution < -0.4 is 15.5 Å². The molecule has 1 saturated heterocycles. The zero-order valence-corrected chi connectivity index (χ0v) is 17.4. The molecule has 0 radical (unpaired) electrons. The molecule has 2 aliphatic rings. The lowest BCUT2D eigenvalue weighted by molar-refractivity contribution is 0.114. The fraction of sp³-hybridized carbons (Fsp3) is 0.435. The van der Waals surface area contributed by atoms with Gasteiger partial charge in [0.05, 0.1) is 10.7 Å². The van der Waals surface area contributed by atoms with E-state index in [1.165, 1.54) is 30.4 Å². The third-order valence-corrected chi connectivity index (χ3v) is 5.77. The third-order valence-electron chi connectivity index (χ3n) is 5.58. The molecule has 0 N–H and O–H groups in total. The summed E-state index contributed by atoms with van der Waals surface area (Å²) in [6, 6.07) is 14.8. The van der Waals surface area contributed by atoms with Gasteiger partial charge < -0.3 is 4.74 Å². The minimum Gasteiger partial charge on any atom is -0.489 e. The molecule has 0 aromatic heterocycles. The van der Waals surface area contributed by atoms with E-state index in [0.717, 1.165) is 42.0 Å². The van der Waals surface area contributed by atoms with Gasteiger partial charge in [-0.25, -0.2) is 9.98 Å². The van der Waals surface area contributed by atoms with Crippen LogP contribution in [0.15, 0.2) is 52.4 Å². The molecule has 2 aliphatic heterocycles. The van der Waals surface area contributed by atoms with Crippen molar-refractivity contribution in [3.05, 3.63) is 64.3 Å². The molecule has 4 rings (SSSR count). The summed E-state index contributed by atoms with van der Waals surface area (Å²) in [5.41, 5.74) is 2.80. The molecule has 4 nitrogen and oxygen atoms in total. The number of hydrogen-bond acceptors (Lipinski definition) is 3. The highest BCUT2D eigenvalue weighted by Gasteiger charge is 2.21. The smallest absolute Gasteiger partial charge is 0.220 e. The summed E-state index contributed by atoms with van der Waals surface area (Å²) >= 11 is 5.04. The van der Waals surface area contributed by atoms with Crippen molar-refractivity contribution in [2.75, 3.05) is 19.6 Å². The first-order valence-corrected chi connectivity index (χ1v) is 10.5. The van der Waals surface area contributed by atoms with E-state index in [9.17, 15) is 0 Å². The Balaban J connectivity index is 1.25. The van der Waals surface area contributed by atoms with Crippen molar-refractivity contribution in [2.45, 2.75) is 39.2 Å². The zero-order chi connectivity index (χ0) is 19.5. The summed E-state index contributed by atoms with van der Waals surface area (Å²) in [6.45, 7) is 7.53. The normalized spacial score (nSPS) is 18.3. The van der Waals surface area contributed by atoms with Crippen molar-refractivity contribution in [3.63, 3.8) is 0 Å². The Morgan fingerprint density at radius 1 is 1.07 bits per heavy atom. The van der Waals surface area contributed by atoms with Crippen LogP contribution in [0.2, 0.25) is 0 Å².